The second-order valence-electron chi connectivity index (χ2n) is 3.22. The number of hydrogen-bond donors (Lipinski definition) is 2. The first-order valence-corrected chi connectivity index (χ1v) is 4.99. The van der Waals surface area contributed by atoms with E-state index in [0.29, 0.717) is 10.7 Å². The van der Waals surface area contributed by atoms with Gasteiger partial charge in [0.05, 0.1) is 0 Å². The van der Waals surface area contributed by atoms with Crippen molar-refractivity contribution >= 4 is 23.2 Å². The smallest absolute Gasteiger partial charge is 0.273 e. The molecule has 0 aliphatic rings. The second-order valence-corrected chi connectivity index (χ2v) is 3.66. The number of aromatic nitrogens is 3. The molecule has 1 aromatic heterocycles. The Kier molecular flexibility index (Phi) is 2.87. The number of benzene rings is 1. The molecule has 0 fully saturated rings. The van der Waals surface area contributed by atoms with E-state index in [0.717, 1.165) is 5.69 Å². The second kappa shape index (κ2) is 4.32. The summed E-state index contributed by atoms with van der Waals surface area (Å²) in [5.74, 6) is 0.290. The summed E-state index contributed by atoms with van der Waals surface area (Å²) in [5.41, 5.74) is 0.803. The fourth-order valence-corrected chi connectivity index (χ4v) is 1.34. The highest BCUT2D eigenvalue weighted by atomic mass is 35.5. The van der Waals surface area contributed by atoms with Crippen molar-refractivity contribution in [2.45, 2.75) is 6.92 Å². The van der Waals surface area contributed by atoms with E-state index in [2.05, 4.69) is 20.5 Å². The summed E-state index contributed by atoms with van der Waals surface area (Å²) >= 11 is 5.82. The Morgan fingerprint density at radius 3 is 2.88 bits per heavy atom. The number of rotatable bonds is 2. The zero-order valence-corrected chi connectivity index (χ0v) is 9.25. The first-order valence-electron chi connectivity index (χ1n) is 4.61. The average Bonchev–Trinajstić information content (AvgIpc) is 2.24. The van der Waals surface area contributed by atoms with Crippen LogP contribution in [0.5, 0.6) is 0 Å². The third-order valence-electron chi connectivity index (χ3n) is 1.95. The van der Waals surface area contributed by atoms with Crippen molar-refractivity contribution < 1.29 is 0 Å². The molecule has 0 saturated carbocycles. The van der Waals surface area contributed by atoms with Crippen LogP contribution in [-0.2, 0) is 0 Å². The van der Waals surface area contributed by atoms with Crippen LogP contribution in [0.3, 0.4) is 0 Å². The van der Waals surface area contributed by atoms with Gasteiger partial charge in [0.25, 0.3) is 5.56 Å². The molecule has 0 unspecified atom stereocenters. The zero-order chi connectivity index (χ0) is 11.5. The Labute approximate surface area is 96.5 Å². The molecule has 0 radical (unpaired) electrons. The van der Waals surface area contributed by atoms with Crippen molar-refractivity contribution in [3.05, 3.63) is 45.3 Å². The summed E-state index contributed by atoms with van der Waals surface area (Å²) < 4.78 is 0. The first kappa shape index (κ1) is 10.6. The third kappa shape index (κ3) is 2.38. The molecule has 2 aromatic rings. The summed E-state index contributed by atoms with van der Waals surface area (Å²) in [7, 11) is 0. The Morgan fingerprint density at radius 2 is 2.19 bits per heavy atom. The molecule has 0 spiro atoms. The van der Waals surface area contributed by atoms with Crippen molar-refractivity contribution in [2.24, 2.45) is 0 Å². The summed E-state index contributed by atoms with van der Waals surface area (Å²) in [6, 6.07) is 7.09. The minimum absolute atomic E-state index is 0.264. The number of halogens is 1. The molecular formula is C10H9ClN4O. The van der Waals surface area contributed by atoms with Gasteiger partial charge in [0.2, 0.25) is 5.95 Å². The number of anilines is 2. The van der Waals surface area contributed by atoms with E-state index in [1.165, 1.54) is 0 Å². The highest BCUT2D eigenvalue weighted by molar-refractivity contribution is 6.30. The minimum atomic E-state index is -0.264. The molecule has 6 heteroatoms. The van der Waals surface area contributed by atoms with Crippen LogP contribution in [0.25, 0.3) is 0 Å². The highest BCUT2D eigenvalue weighted by Gasteiger charge is 2.00. The Morgan fingerprint density at radius 1 is 1.38 bits per heavy atom. The summed E-state index contributed by atoms with van der Waals surface area (Å²) in [4.78, 5) is 13.8. The van der Waals surface area contributed by atoms with Gasteiger partial charge in [0, 0.05) is 10.7 Å². The summed E-state index contributed by atoms with van der Waals surface area (Å²) in [6.07, 6.45) is 0. The van der Waals surface area contributed by atoms with Crippen LogP contribution in [0.2, 0.25) is 5.02 Å². The maximum Gasteiger partial charge on any atom is 0.273 e. The van der Waals surface area contributed by atoms with Crippen molar-refractivity contribution in [2.75, 3.05) is 5.32 Å². The van der Waals surface area contributed by atoms with Crippen LogP contribution in [0.1, 0.15) is 5.69 Å². The average molecular weight is 237 g/mol. The van der Waals surface area contributed by atoms with Crippen LogP contribution < -0.4 is 10.9 Å². The lowest BCUT2D eigenvalue weighted by molar-refractivity contribution is 0.908. The lowest BCUT2D eigenvalue weighted by Crippen LogP contribution is -2.15. The molecule has 0 saturated heterocycles. The maximum atomic E-state index is 11.3. The van der Waals surface area contributed by atoms with Gasteiger partial charge in [0.15, 0.2) is 0 Å². The Bertz CT molecular complexity index is 567. The van der Waals surface area contributed by atoms with E-state index in [4.69, 9.17) is 11.6 Å². The van der Waals surface area contributed by atoms with Gasteiger partial charge in [-0.3, -0.25) is 9.78 Å². The van der Waals surface area contributed by atoms with E-state index in [-0.39, 0.29) is 11.5 Å². The molecule has 2 rings (SSSR count). The molecule has 0 amide bonds. The van der Waals surface area contributed by atoms with Crippen LogP contribution in [-0.4, -0.2) is 15.2 Å². The van der Waals surface area contributed by atoms with Gasteiger partial charge in [-0.25, -0.2) is 0 Å². The predicted molar refractivity (Wildman–Crippen MR) is 62.1 cm³/mol. The maximum absolute atomic E-state index is 11.3. The minimum Gasteiger partial charge on any atom is -0.324 e. The normalized spacial score (nSPS) is 10.1. The van der Waals surface area contributed by atoms with Gasteiger partial charge in [-0.2, -0.15) is 0 Å². The summed E-state index contributed by atoms with van der Waals surface area (Å²) in [6.45, 7) is 1.59. The van der Waals surface area contributed by atoms with Gasteiger partial charge in [-0.15, -0.1) is 10.2 Å². The number of nitrogens with one attached hydrogen (secondary N) is 2. The quantitative estimate of drug-likeness (QED) is 0.835. The van der Waals surface area contributed by atoms with E-state index in [1.807, 2.05) is 6.07 Å². The van der Waals surface area contributed by atoms with Crippen LogP contribution in [0.15, 0.2) is 29.1 Å². The highest BCUT2D eigenvalue weighted by Crippen LogP contribution is 2.16. The number of aryl methyl sites for hydroxylation is 1. The Balaban J connectivity index is 2.27. The molecule has 0 atom stereocenters. The van der Waals surface area contributed by atoms with E-state index in [1.54, 1.807) is 25.1 Å². The first-order chi connectivity index (χ1) is 7.65. The third-order valence-corrected chi connectivity index (χ3v) is 2.18. The fraction of sp³-hybridized carbons (Fsp3) is 0.100. The van der Waals surface area contributed by atoms with Crippen LogP contribution in [0, 0.1) is 6.92 Å². The van der Waals surface area contributed by atoms with Crippen molar-refractivity contribution in [3.8, 4) is 0 Å². The Hall–Kier alpha value is -1.88. The molecular weight excluding hydrogens is 228 g/mol. The fourth-order valence-electron chi connectivity index (χ4n) is 1.15. The lowest BCUT2D eigenvalue weighted by Gasteiger charge is -2.04. The van der Waals surface area contributed by atoms with E-state index >= 15 is 0 Å². The largest absolute Gasteiger partial charge is 0.324 e. The van der Waals surface area contributed by atoms with Gasteiger partial charge >= 0.3 is 0 Å². The number of H-pyrrole nitrogens is 1. The van der Waals surface area contributed by atoms with Crippen LogP contribution >= 0.6 is 11.6 Å². The molecule has 82 valence electrons. The van der Waals surface area contributed by atoms with E-state index in [9.17, 15) is 4.79 Å². The zero-order valence-electron chi connectivity index (χ0n) is 8.49. The SMILES string of the molecule is Cc1nnc(Nc2cccc(Cl)c2)[nH]c1=O. The van der Waals surface area contributed by atoms with Crippen molar-refractivity contribution in [1.29, 1.82) is 0 Å². The predicted octanol–water partition coefficient (Wildman–Crippen LogP) is 1.87. The number of nitrogens with zero attached hydrogens (tertiary/aromatic N) is 2. The van der Waals surface area contributed by atoms with E-state index < -0.39 is 0 Å². The van der Waals surface area contributed by atoms with Crippen molar-refractivity contribution in [1.82, 2.24) is 15.2 Å². The van der Waals surface area contributed by atoms with Crippen molar-refractivity contribution in [3.63, 3.8) is 0 Å². The van der Waals surface area contributed by atoms with Gasteiger partial charge < -0.3 is 5.32 Å². The van der Waals surface area contributed by atoms with Gasteiger partial charge in [-0.05, 0) is 25.1 Å². The molecule has 0 bridgehead atoms. The van der Waals surface area contributed by atoms with Gasteiger partial charge in [-0.1, -0.05) is 17.7 Å². The summed E-state index contributed by atoms with van der Waals surface area (Å²) in [5, 5.41) is 11.0. The molecule has 1 heterocycles. The molecule has 16 heavy (non-hydrogen) atoms. The molecule has 1 aromatic carbocycles. The molecule has 5 nitrogen and oxygen atoms in total. The van der Waals surface area contributed by atoms with Crippen LogP contribution in [0.4, 0.5) is 11.6 Å². The standard InChI is InChI=1S/C10H9ClN4O/c1-6-9(16)13-10(15-14-6)12-8-4-2-3-7(11)5-8/h2-5H,1H3,(H2,12,13,15,16). The topological polar surface area (TPSA) is 70.7 Å². The lowest BCUT2D eigenvalue weighted by atomic mass is 10.3. The number of hydrogen-bond acceptors (Lipinski definition) is 4. The molecule has 0 aliphatic carbocycles. The number of aromatic amines is 1. The molecule has 0 aliphatic heterocycles. The monoisotopic (exact) mass is 236 g/mol. The van der Waals surface area contributed by atoms with Gasteiger partial charge in [0.1, 0.15) is 5.69 Å². The molecule has 2 N–H and O–H groups in total.